The van der Waals surface area contributed by atoms with Gasteiger partial charge in [-0.15, -0.1) is 0 Å². The molecule has 102 valence electrons. The lowest BCUT2D eigenvalue weighted by Crippen LogP contribution is -1.95. The number of hydrogen-bond acceptors (Lipinski definition) is 4. The standard InChI is InChI=1S/C14H10ClNO4/c1-9-7-10(8-17)5-6-13(9)20-14-11(15)3-2-4-12(14)16(18)19/h2-8H,1H3. The first-order chi connectivity index (χ1) is 9.52. The number of carbonyl (C=O) groups is 1. The Kier molecular flexibility index (Phi) is 4.00. The molecule has 0 aliphatic rings. The van der Waals surface area contributed by atoms with Crippen LogP contribution in [0.4, 0.5) is 5.69 Å². The van der Waals surface area contributed by atoms with Crippen LogP contribution in [0.3, 0.4) is 0 Å². The first-order valence-corrected chi connectivity index (χ1v) is 6.07. The molecular weight excluding hydrogens is 282 g/mol. The van der Waals surface area contributed by atoms with Gasteiger partial charge < -0.3 is 4.74 Å². The SMILES string of the molecule is Cc1cc(C=O)ccc1Oc1c(Cl)cccc1[N+](=O)[O-]. The van der Waals surface area contributed by atoms with E-state index in [2.05, 4.69) is 0 Å². The van der Waals surface area contributed by atoms with E-state index >= 15 is 0 Å². The van der Waals surface area contributed by atoms with E-state index < -0.39 is 4.92 Å². The zero-order valence-electron chi connectivity index (χ0n) is 10.5. The minimum atomic E-state index is -0.559. The molecule has 0 amide bonds. The summed E-state index contributed by atoms with van der Waals surface area (Å²) in [6.45, 7) is 1.74. The van der Waals surface area contributed by atoms with Gasteiger partial charge in [0.1, 0.15) is 12.0 Å². The predicted octanol–water partition coefficient (Wildman–Crippen LogP) is 4.16. The molecule has 0 fully saturated rings. The molecule has 0 aliphatic heterocycles. The maximum atomic E-state index is 11.0. The zero-order valence-corrected chi connectivity index (χ0v) is 11.3. The number of nitro benzene ring substituents is 1. The normalized spacial score (nSPS) is 10.1. The summed E-state index contributed by atoms with van der Waals surface area (Å²) in [6, 6.07) is 9.08. The molecule has 2 aromatic rings. The number of ether oxygens (including phenoxy) is 1. The summed E-state index contributed by atoms with van der Waals surface area (Å²) in [7, 11) is 0. The number of aldehydes is 1. The van der Waals surface area contributed by atoms with Crippen molar-refractivity contribution in [3.8, 4) is 11.5 Å². The summed E-state index contributed by atoms with van der Waals surface area (Å²) in [6.07, 6.45) is 0.717. The summed E-state index contributed by atoms with van der Waals surface area (Å²) >= 11 is 5.95. The van der Waals surface area contributed by atoms with E-state index in [1.54, 1.807) is 25.1 Å². The van der Waals surface area contributed by atoms with Gasteiger partial charge in [-0.3, -0.25) is 14.9 Å². The van der Waals surface area contributed by atoms with Crippen LogP contribution in [-0.4, -0.2) is 11.2 Å². The number of benzene rings is 2. The lowest BCUT2D eigenvalue weighted by atomic mass is 10.1. The number of carbonyl (C=O) groups excluding carboxylic acids is 1. The highest BCUT2D eigenvalue weighted by atomic mass is 35.5. The topological polar surface area (TPSA) is 69.4 Å². The van der Waals surface area contributed by atoms with Crippen LogP contribution in [-0.2, 0) is 0 Å². The Labute approximate surface area is 119 Å². The van der Waals surface area contributed by atoms with Crippen molar-refractivity contribution in [2.24, 2.45) is 0 Å². The number of rotatable bonds is 4. The Morgan fingerprint density at radius 2 is 2.05 bits per heavy atom. The number of hydrogen-bond donors (Lipinski definition) is 0. The second-order valence-corrected chi connectivity index (χ2v) is 4.50. The molecule has 0 radical (unpaired) electrons. The first kappa shape index (κ1) is 14.0. The van der Waals surface area contributed by atoms with E-state index in [0.29, 0.717) is 23.2 Å². The smallest absolute Gasteiger partial charge is 0.313 e. The number of halogens is 1. The van der Waals surface area contributed by atoms with Gasteiger partial charge in [-0.05, 0) is 36.8 Å². The minimum Gasteiger partial charge on any atom is -0.448 e. The Balaban J connectivity index is 2.44. The van der Waals surface area contributed by atoms with Gasteiger partial charge in [0.2, 0.25) is 5.75 Å². The Hall–Kier alpha value is -2.40. The molecule has 0 N–H and O–H groups in total. The van der Waals surface area contributed by atoms with E-state index in [-0.39, 0.29) is 16.5 Å². The van der Waals surface area contributed by atoms with Crippen molar-refractivity contribution in [1.82, 2.24) is 0 Å². The molecule has 0 spiro atoms. The van der Waals surface area contributed by atoms with Crippen LogP contribution in [0.25, 0.3) is 0 Å². The summed E-state index contributed by atoms with van der Waals surface area (Å²) < 4.78 is 5.54. The summed E-state index contributed by atoms with van der Waals surface area (Å²) in [5, 5.41) is 11.1. The van der Waals surface area contributed by atoms with Crippen LogP contribution in [0.2, 0.25) is 5.02 Å². The van der Waals surface area contributed by atoms with Crippen LogP contribution < -0.4 is 4.74 Å². The lowest BCUT2D eigenvalue weighted by molar-refractivity contribution is -0.385. The average Bonchev–Trinajstić information content (AvgIpc) is 2.42. The molecule has 2 aromatic carbocycles. The van der Waals surface area contributed by atoms with E-state index in [9.17, 15) is 14.9 Å². The van der Waals surface area contributed by atoms with Crippen LogP contribution in [0.15, 0.2) is 36.4 Å². The number of nitro groups is 1. The van der Waals surface area contributed by atoms with Crippen molar-refractivity contribution in [2.75, 3.05) is 0 Å². The third kappa shape index (κ3) is 2.78. The van der Waals surface area contributed by atoms with Gasteiger partial charge in [-0.25, -0.2) is 0 Å². The van der Waals surface area contributed by atoms with Gasteiger partial charge in [0.25, 0.3) is 0 Å². The number of nitrogens with zero attached hydrogens (tertiary/aromatic N) is 1. The average molecular weight is 292 g/mol. The highest BCUT2D eigenvalue weighted by Crippen LogP contribution is 2.38. The van der Waals surface area contributed by atoms with Crippen molar-refractivity contribution in [2.45, 2.75) is 6.92 Å². The van der Waals surface area contributed by atoms with E-state index in [0.717, 1.165) is 0 Å². The van der Waals surface area contributed by atoms with Crippen LogP contribution in [0.1, 0.15) is 15.9 Å². The Bertz CT molecular complexity index is 685. The fourth-order valence-electron chi connectivity index (χ4n) is 1.71. The van der Waals surface area contributed by atoms with Gasteiger partial charge in [-0.2, -0.15) is 0 Å². The van der Waals surface area contributed by atoms with Gasteiger partial charge in [0.15, 0.2) is 0 Å². The van der Waals surface area contributed by atoms with E-state index in [4.69, 9.17) is 16.3 Å². The summed E-state index contributed by atoms with van der Waals surface area (Å²) in [4.78, 5) is 21.1. The molecule has 0 saturated heterocycles. The molecule has 2 rings (SSSR count). The highest BCUT2D eigenvalue weighted by molar-refractivity contribution is 6.32. The quantitative estimate of drug-likeness (QED) is 0.482. The molecule has 0 unspecified atom stereocenters. The van der Waals surface area contributed by atoms with Crippen molar-refractivity contribution in [3.63, 3.8) is 0 Å². The van der Waals surface area contributed by atoms with Crippen LogP contribution in [0.5, 0.6) is 11.5 Å². The fraction of sp³-hybridized carbons (Fsp3) is 0.0714. The molecule has 0 atom stereocenters. The van der Waals surface area contributed by atoms with Crippen molar-refractivity contribution >= 4 is 23.6 Å². The molecule has 0 bridgehead atoms. The summed E-state index contributed by atoms with van der Waals surface area (Å²) in [5.41, 5.74) is 0.976. The maximum Gasteiger partial charge on any atom is 0.313 e. The monoisotopic (exact) mass is 291 g/mol. The van der Waals surface area contributed by atoms with Gasteiger partial charge >= 0.3 is 5.69 Å². The largest absolute Gasteiger partial charge is 0.448 e. The van der Waals surface area contributed by atoms with Crippen LogP contribution in [0, 0.1) is 17.0 Å². The highest BCUT2D eigenvalue weighted by Gasteiger charge is 2.19. The number of aryl methyl sites for hydroxylation is 1. The Morgan fingerprint density at radius 1 is 1.30 bits per heavy atom. The van der Waals surface area contributed by atoms with Gasteiger partial charge in [0.05, 0.1) is 9.95 Å². The maximum absolute atomic E-state index is 11.0. The Morgan fingerprint density at radius 3 is 2.65 bits per heavy atom. The second kappa shape index (κ2) is 5.71. The van der Waals surface area contributed by atoms with E-state index in [1.165, 1.54) is 18.2 Å². The summed E-state index contributed by atoms with van der Waals surface area (Å²) in [5.74, 6) is 0.396. The lowest BCUT2D eigenvalue weighted by Gasteiger charge is -2.10. The second-order valence-electron chi connectivity index (χ2n) is 4.09. The van der Waals surface area contributed by atoms with Gasteiger partial charge in [0, 0.05) is 11.6 Å². The minimum absolute atomic E-state index is 0.0129. The number of para-hydroxylation sites is 1. The van der Waals surface area contributed by atoms with Crippen LogP contribution >= 0.6 is 11.6 Å². The predicted molar refractivity (Wildman–Crippen MR) is 74.7 cm³/mol. The van der Waals surface area contributed by atoms with Crippen molar-refractivity contribution in [3.05, 3.63) is 62.7 Å². The molecule has 0 aromatic heterocycles. The molecular formula is C14H10ClNO4. The van der Waals surface area contributed by atoms with E-state index in [1.807, 2.05) is 0 Å². The molecule has 0 heterocycles. The van der Waals surface area contributed by atoms with Crippen molar-refractivity contribution in [1.29, 1.82) is 0 Å². The first-order valence-electron chi connectivity index (χ1n) is 5.69. The molecule has 0 saturated carbocycles. The molecule has 20 heavy (non-hydrogen) atoms. The molecule has 0 aliphatic carbocycles. The third-order valence-corrected chi connectivity index (χ3v) is 2.99. The third-order valence-electron chi connectivity index (χ3n) is 2.69. The molecule has 6 heteroatoms. The van der Waals surface area contributed by atoms with Gasteiger partial charge in [-0.1, -0.05) is 17.7 Å². The molecule has 5 nitrogen and oxygen atoms in total. The van der Waals surface area contributed by atoms with Crippen molar-refractivity contribution < 1.29 is 14.5 Å². The zero-order chi connectivity index (χ0) is 14.7. The fourth-order valence-corrected chi connectivity index (χ4v) is 1.92.